The number of hydrogen-bond acceptors (Lipinski definition) is 3. The molecule has 2 aromatic rings. The number of halogens is 5. The minimum atomic E-state index is -4.92. The first-order valence-electron chi connectivity index (χ1n) is 4.97. The molecule has 2 rings (SSSR count). The van der Waals surface area contributed by atoms with Gasteiger partial charge in [0.2, 0.25) is 11.7 Å². The molecule has 0 bridgehead atoms. The van der Waals surface area contributed by atoms with E-state index in [2.05, 4.69) is 20.9 Å². The summed E-state index contributed by atoms with van der Waals surface area (Å²) in [6, 6.07) is 4.21. The fourth-order valence-corrected chi connectivity index (χ4v) is 2.29. The highest BCUT2D eigenvalue weighted by atomic mass is 79.9. The van der Waals surface area contributed by atoms with Crippen LogP contribution in [-0.4, -0.2) is 16.1 Å². The van der Waals surface area contributed by atoms with Crippen LogP contribution in [0.25, 0.3) is 11.5 Å². The van der Waals surface area contributed by atoms with Crippen LogP contribution < -0.4 is 0 Å². The second-order valence-corrected chi connectivity index (χ2v) is 4.91. The van der Waals surface area contributed by atoms with Crippen molar-refractivity contribution in [2.45, 2.75) is 6.18 Å². The second-order valence-electron chi connectivity index (χ2n) is 3.62. The lowest BCUT2D eigenvalue weighted by molar-refractivity contribution is -0.141. The molecule has 9 heteroatoms. The first kappa shape index (κ1) is 14.9. The van der Waals surface area contributed by atoms with Crippen molar-refractivity contribution in [2.24, 2.45) is 0 Å². The maximum atomic E-state index is 12.7. The van der Waals surface area contributed by atoms with Crippen LogP contribution in [0.4, 0.5) is 13.2 Å². The lowest BCUT2D eigenvalue weighted by atomic mass is 10.2. The Morgan fingerprint density at radius 2 is 2.05 bits per heavy atom. The van der Waals surface area contributed by atoms with Gasteiger partial charge in [0.05, 0.1) is 5.56 Å². The third-order valence-electron chi connectivity index (χ3n) is 2.25. The van der Waals surface area contributed by atoms with Crippen LogP contribution in [0.1, 0.15) is 16.2 Å². The highest BCUT2D eigenvalue weighted by molar-refractivity contribution is 9.10. The Balaban J connectivity index is 2.62. The minimum absolute atomic E-state index is 0.160. The van der Waals surface area contributed by atoms with E-state index in [9.17, 15) is 18.0 Å². The van der Waals surface area contributed by atoms with Gasteiger partial charge in [0, 0.05) is 9.50 Å². The van der Waals surface area contributed by atoms with E-state index in [0.29, 0.717) is 9.50 Å². The van der Waals surface area contributed by atoms with Gasteiger partial charge in [0.25, 0.3) is 0 Å². The predicted octanol–water partition coefficient (Wildman–Crippen LogP) is 4.47. The number of hydrogen-bond donors (Lipinski definition) is 1. The van der Waals surface area contributed by atoms with E-state index < -0.39 is 29.5 Å². The smallest absolute Gasteiger partial charge is 0.437 e. The van der Waals surface area contributed by atoms with Crippen molar-refractivity contribution in [3.63, 3.8) is 0 Å². The quantitative estimate of drug-likeness (QED) is 0.847. The SMILES string of the molecule is O=C(O)c1oc(-c2ccc(Cl)cc2Br)nc1C(F)(F)F. The van der Waals surface area contributed by atoms with Crippen molar-refractivity contribution in [1.82, 2.24) is 4.98 Å². The van der Waals surface area contributed by atoms with Gasteiger partial charge in [0.1, 0.15) is 0 Å². The third-order valence-corrected chi connectivity index (χ3v) is 3.14. The molecule has 0 aliphatic heterocycles. The minimum Gasteiger partial charge on any atom is -0.475 e. The third kappa shape index (κ3) is 2.80. The monoisotopic (exact) mass is 369 g/mol. The van der Waals surface area contributed by atoms with Crippen molar-refractivity contribution in [1.29, 1.82) is 0 Å². The highest BCUT2D eigenvalue weighted by Gasteiger charge is 2.41. The Labute approximate surface area is 123 Å². The molecule has 0 aliphatic carbocycles. The fourth-order valence-electron chi connectivity index (χ4n) is 1.44. The number of carbonyl (C=O) groups is 1. The molecule has 20 heavy (non-hydrogen) atoms. The second kappa shape index (κ2) is 5.10. The highest BCUT2D eigenvalue weighted by Crippen LogP contribution is 2.36. The zero-order valence-electron chi connectivity index (χ0n) is 9.33. The maximum Gasteiger partial charge on any atom is 0.437 e. The van der Waals surface area contributed by atoms with Crippen molar-refractivity contribution in [2.75, 3.05) is 0 Å². The summed E-state index contributed by atoms with van der Waals surface area (Å²) in [5.41, 5.74) is -1.42. The lowest BCUT2D eigenvalue weighted by Gasteiger charge is -2.01. The van der Waals surface area contributed by atoms with Gasteiger partial charge in [-0.3, -0.25) is 0 Å². The van der Waals surface area contributed by atoms with Crippen molar-refractivity contribution >= 4 is 33.5 Å². The number of nitrogens with zero attached hydrogens (tertiary/aromatic N) is 1. The normalized spacial score (nSPS) is 11.7. The number of oxazole rings is 1. The summed E-state index contributed by atoms with van der Waals surface area (Å²) in [6.07, 6.45) is -4.92. The number of aromatic nitrogens is 1. The van der Waals surface area contributed by atoms with Crippen molar-refractivity contribution < 1.29 is 27.5 Å². The molecule has 0 saturated carbocycles. The largest absolute Gasteiger partial charge is 0.475 e. The number of carboxylic acids is 1. The molecule has 0 saturated heterocycles. The number of aromatic carboxylic acids is 1. The Bertz CT molecular complexity index is 684. The first-order valence-corrected chi connectivity index (χ1v) is 6.14. The van der Waals surface area contributed by atoms with Gasteiger partial charge >= 0.3 is 12.1 Å². The molecular weight excluding hydrogens is 366 g/mol. The number of alkyl halides is 3. The number of benzene rings is 1. The molecule has 106 valence electrons. The molecule has 1 heterocycles. The van der Waals surface area contributed by atoms with E-state index in [-0.39, 0.29) is 5.56 Å². The van der Waals surface area contributed by atoms with Crippen LogP contribution in [0.5, 0.6) is 0 Å². The van der Waals surface area contributed by atoms with Crippen molar-refractivity contribution in [3.8, 4) is 11.5 Å². The molecule has 0 aliphatic rings. The number of rotatable bonds is 2. The number of carboxylic acid groups (broad SMARTS) is 1. The molecule has 0 spiro atoms. The molecule has 1 N–H and O–H groups in total. The summed E-state index contributed by atoms with van der Waals surface area (Å²) >= 11 is 8.80. The zero-order chi connectivity index (χ0) is 15.1. The zero-order valence-corrected chi connectivity index (χ0v) is 11.7. The fraction of sp³-hybridized carbons (Fsp3) is 0.0909. The van der Waals surface area contributed by atoms with Crippen LogP contribution in [-0.2, 0) is 6.18 Å². The summed E-state index contributed by atoms with van der Waals surface area (Å²) in [5.74, 6) is -3.56. The Morgan fingerprint density at radius 1 is 1.40 bits per heavy atom. The van der Waals surface area contributed by atoms with Crippen LogP contribution in [0, 0.1) is 0 Å². The summed E-state index contributed by atoms with van der Waals surface area (Å²) in [4.78, 5) is 14.0. The van der Waals surface area contributed by atoms with Crippen LogP contribution in [0.2, 0.25) is 5.02 Å². The molecule has 1 aromatic heterocycles. The van der Waals surface area contributed by atoms with E-state index in [0.717, 1.165) is 0 Å². The summed E-state index contributed by atoms with van der Waals surface area (Å²) in [5, 5.41) is 9.08. The Kier molecular flexibility index (Phi) is 3.79. The van der Waals surface area contributed by atoms with Gasteiger partial charge in [-0.15, -0.1) is 0 Å². The topological polar surface area (TPSA) is 63.3 Å². The van der Waals surface area contributed by atoms with Gasteiger partial charge in [-0.1, -0.05) is 11.6 Å². The van der Waals surface area contributed by atoms with E-state index >= 15 is 0 Å². The predicted molar refractivity (Wildman–Crippen MR) is 66.6 cm³/mol. The van der Waals surface area contributed by atoms with Gasteiger partial charge in [-0.2, -0.15) is 13.2 Å². The Morgan fingerprint density at radius 3 is 2.50 bits per heavy atom. The summed E-state index contributed by atoms with van der Waals surface area (Å²) < 4.78 is 43.1. The average molecular weight is 371 g/mol. The molecule has 0 radical (unpaired) electrons. The van der Waals surface area contributed by atoms with Gasteiger partial charge in [-0.25, -0.2) is 9.78 Å². The van der Waals surface area contributed by atoms with E-state index in [4.69, 9.17) is 21.1 Å². The molecule has 0 atom stereocenters. The maximum absolute atomic E-state index is 12.7. The molecule has 0 amide bonds. The molecule has 0 unspecified atom stereocenters. The van der Waals surface area contributed by atoms with Gasteiger partial charge < -0.3 is 9.52 Å². The Hall–Kier alpha value is -1.54. The van der Waals surface area contributed by atoms with E-state index in [1.165, 1.54) is 18.2 Å². The van der Waals surface area contributed by atoms with Crippen LogP contribution in [0.3, 0.4) is 0 Å². The lowest BCUT2D eigenvalue weighted by Crippen LogP contribution is -2.11. The van der Waals surface area contributed by atoms with Gasteiger partial charge in [0.15, 0.2) is 5.69 Å². The molecule has 0 fully saturated rings. The van der Waals surface area contributed by atoms with Crippen LogP contribution >= 0.6 is 27.5 Å². The van der Waals surface area contributed by atoms with Crippen molar-refractivity contribution in [3.05, 3.63) is 39.1 Å². The van der Waals surface area contributed by atoms with Crippen LogP contribution in [0.15, 0.2) is 27.1 Å². The standard InChI is InChI=1S/C11H4BrClF3NO3/c12-6-3-4(13)1-2-5(6)9-17-8(11(14,15)16)7(20-9)10(18)19/h1-3H,(H,18,19). The summed E-state index contributed by atoms with van der Waals surface area (Å²) in [7, 11) is 0. The summed E-state index contributed by atoms with van der Waals surface area (Å²) in [6.45, 7) is 0. The first-order chi connectivity index (χ1) is 9.20. The molecule has 4 nitrogen and oxygen atoms in total. The average Bonchev–Trinajstić information content (AvgIpc) is 2.73. The van der Waals surface area contributed by atoms with E-state index in [1.807, 2.05) is 0 Å². The van der Waals surface area contributed by atoms with E-state index in [1.54, 1.807) is 0 Å². The molecular formula is C11H4BrClF3NO3. The van der Waals surface area contributed by atoms with Gasteiger partial charge in [-0.05, 0) is 34.1 Å². The molecule has 1 aromatic carbocycles.